The van der Waals surface area contributed by atoms with Crippen LogP contribution in [0.15, 0.2) is 42.7 Å². The lowest BCUT2D eigenvalue weighted by molar-refractivity contribution is -0.187. The fraction of sp³-hybridized carbons (Fsp3) is 0.550. The maximum absolute atomic E-state index is 12.7. The zero-order valence-electron chi connectivity index (χ0n) is 15.3. The zero-order valence-corrected chi connectivity index (χ0v) is 15.3. The zero-order chi connectivity index (χ0) is 18.3. The lowest BCUT2D eigenvalue weighted by atomic mass is 10.1. The SMILES string of the molecule is C=C(OCC)C(=O)[C@H](OCc1ccccc1)[C@H]1COC(CC)(CC)O1. The Labute approximate surface area is 149 Å². The summed E-state index contributed by atoms with van der Waals surface area (Å²) in [7, 11) is 0. The van der Waals surface area contributed by atoms with Crippen molar-refractivity contribution in [2.45, 2.75) is 58.2 Å². The predicted molar refractivity (Wildman–Crippen MR) is 94.9 cm³/mol. The smallest absolute Gasteiger partial charge is 0.228 e. The topological polar surface area (TPSA) is 54.0 Å². The van der Waals surface area contributed by atoms with Crippen LogP contribution in [0.2, 0.25) is 0 Å². The summed E-state index contributed by atoms with van der Waals surface area (Å²) in [6.45, 7) is 10.5. The molecule has 1 aromatic carbocycles. The van der Waals surface area contributed by atoms with Crippen LogP contribution in [0.3, 0.4) is 0 Å². The van der Waals surface area contributed by atoms with Gasteiger partial charge in [-0.1, -0.05) is 50.8 Å². The van der Waals surface area contributed by atoms with Gasteiger partial charge in [0.15, 0.2) is 17.7 Å². The van der Waals surface area contributed by atoms with Crippen molar-refractivity contribution in [2.75, 3.05) is 13.2 Å². The van der Waals surface area contributed by atoms with Gasteiger partial charge in [0.05, 0.1) is 19.8 Å². The fourth-order valence-corrected chi connectivity index (χ4v) is 2.86. The number of ketones is 1. The molecule has 0 aliphatic carbocycles. The summed E-state index contributed by atoms with van der Waals surface area (Å²) in [5, 5.41) is 0. The fourth-order valence-electron chi connectivity index (χ4n) is 2.86. The Morgan fingerprint density at radius 1 is 1.28 bits per heavy atom. The minimum atomic E-state index is -0.806. The highest BCUT2D eigenvalue weighted by Gasteiger charge is 2.45. The Bertz CT molecular complexity index is 565. The molecule has 0 aromatic heterocycles. The molecule has 2 rings (SSSR count). The quantitative estimate of drug-likeness (QED) is 0.477. The molecule has 0 N–H and O–H groups in total. The van der Waals surface area contributed by atoms with Gasteiger partial charge in [-0.25, -0.2) is 0 Å². The molecule has 1 aromatic rings. The molecule has 25 heavy (non-hydrogen) atoms. The van der Waals surface area contributed by atoms with E-state index >= 15 is 0 Å². The molecule has 1 heterocycles. The highest BCUT2D eigenvalue weighted by atomic mass is 16.8. The number of benzene rings is 1. The number of carbonyl (C=O) groups is 1. The van der Waals surface area contributed by atoms with E-state index in [9.17, 15) is 4.79 Å². The van der Waals surface area contributed by atoms with E-state index in [0.717, 1.165) is 5.56 Å². The van der Waals surface area contributed by atoms with E-state index in [1.807, 2.05) is 51.1 Å². The second-order valence-electron chi connectivity index (χ2n) is 6.02. The summed E-state index contributed by atoms with van der Waals surface area (Å²) in [6.07, 6.45) is 0.144. The molecule has 1 aliphatic heterocycles. The molecular weight excluding hydrogens is 320 g/mol. The van der Waals surface area contributed by atoms with Crippen molar-refractivity contribution < 1.29 is 23.7 Å². The molecule has 0 bridgehead atoms. The first kappa shape index (κ1) is 19.6. The molecule has 0 amide bonds. The van der Waals surface area contributed by atoms with Gasteiger partial charge in [-0.2, -0.15) is 0 Å². The molecule has 5 heteroatoms. The van der Waals surface area contributed by atoms with Crippen LogP contribution in [0.4, 0.5) is 0 Å². The molecule has 2 atom stereocenters. The molecule has 1 fully saturated rings. The van der Waals surface area contributed by atoms with E-state index in [1.165, 1.54) is 0 Å². The van der Waals surface area contributed by atoms with Crippen LogP contribution < -0.4 is 0 Å². The van der Waals surface area contributed by atoms with Gasteiger partial charge < -0.3 is 18.9 Å². The predicted octanol–water partition coefficient (Wildman–Crippen LogP) is 3.62. The van der Waals surface area contributed by atoms with Crippen LogP contribution in [0.1, 0.15) is 39.2 Å². The van der Waals surface area contributed by atoms with Gasteiger partial charge in [-0.3, -0.25) is 4.79 Å². The van der Waals surface area contributed by atoms with Crippen molar-refractivity contribution in [3.63, 3.8) is 0 Å². The van der Waals surface area contributed by atoms with E-state index in [-0.39, 0.29) is 11.5 Å². The number of ether oxygens (including phenoxy) is 4. The van der Waals surface area contributed by atoms with Crippen molar-refractivity contribution in [3.8, 4) is 0 Å². The number of Topliss-reactive ketones (excluding diaryl/α,β-unsaturated/α-hetero) is 1. The van der Waals surface area contributed by atoms with Crippen LogP contribution in [-0.2, 0) is 30.3 Å². The van der Waals surface area contributed by atoms with Crippen molar-refractivity contribution >= 4 is 5.78 Å². The first-order valence-electron chi connectivity index (χ1n) is 8.88. The minimum Gasteiger partial charge on any atom is -0.491 e. The Balaban J connectivity index is 2.12. The molecule has 138 valence electrons. The summed E-state index contributed by atoms with van der Waals surface area (Å²) in [5.41, 5.74) is 0.985. The van der Waals surface area contributed by atoms with Gasteiger partial charge in [-0.05, 0) is 25.3 Å². The molecule has 0 radical (unpaired) electrons. The highest BCUT2D eigenvalue weighted by Crippen LogP contribution is 2.33. The van der Waals surface area contributed by atoms with E-state index in [2.05, 4.69) is 6.58 Å². The molecule has 0 saturated carbocycles. The highest BCUT2D eigenvalue weighted by molar-refractivity contribution is 5.97. The summed E-state index contributed by atoms with van der Waals surface area (Å²) < 4.78 is 23.1. The van der Waals surface area contributed by atoms with Crippen LogP contribution in [0.5, 0.6) is 0 Å². The molecule has 0 spiro atoms. The van der Waals surface area contributed by atoms with E-state index in [4.69, 9.17) is 18.9 Å². The van der Waals surface area contributed by atoms with Crippen molar-refractivity contribution in [1.82, 2.24) is 0 Å². The van der Waals surface area contributed by atoms with E-state index < -0.39 is 18.0 Å². The second-order valence-corrected chi connectivity index (χ2v) is 6.02. The van der Waals surface area contributed by atoms with Gasteiger partial charge in [0.25, 0.3) is 0 Å². The van der Waals surface area contributed by atoms with Crippen molar-refractivity contribution in [3.05, 3.63) is 48.2 Å². The van der Waals surface area contributed by atoms with Gasteiger partial charge in [-0.15, -0.1) is 0 Å². The van der Waals surface area contributed by atoms with Gasteiger partial charge in [0.1, 0.15) is 6.10 Å². The Kier molecular flexibility index (Phi) is 7.17. The third kappa shape index (κ3) is 4.91. The number of hydrogen-bond donors (Lipinski definition) is 0. The van der Waals surface area contributed by atoms with Crippen LogP contribution in [0.25, 0.3) is 0 Å². The third-order valence-corrected chi connectivity index (χ3v) is 4.42. The number of carbonyl (C=O) groups excluding carboxylic acids is 1. The van der Waals surface area contributed by atoms with Gasteiger partial charge >= 0.3 is 0 Å². The Morgan fingerprint density at radius 2 is 1.96 bits per heavy atom. The van der Waals surface area contributed by atoms with Crippen LogP contribution >= 0.6 is 0 Å². The minimum absolute atomic E-state index is 0.0923. The monoisotopic (exact) mass is 348 g/mol. The molecule has 5 nitrogen and oxygen atoms in total. The van der Waals surface area contributed by atoms with Gasteiger partial charge in [0.2, 0.25) is 5.78 Å². The lowest BCUT2D eigenvalue weighted by Crippen LogP contribution is -2.41. The molecule has 0 unspecified atom stereocenters. The molecular formula is C20H28O5. The maximum atomic E-state index is 12.7. The average molecular weight is 348 g/mol. The summed E-state index contributed by atoms with van der Waals surface area (Å²) in [4.78, 5) is 12.7. The van der Waals surface area contributed by atoms with Gasteiger partial charge in [0, 0.05) is 0 Å². The van der Waals surface area contributed by atoms with Crippen molar-refractivity contribution in [1.29, 1.82) is 0 Å². The second kappa shape index (κ2) is 9.13. The van der Waals surface area contributed by atoms with Crippen molar-refractivity contribution in [2.24, 2.45) is 0 Å². The van der Waals surface area contributed by atoms with E-state index in [1.54, 1.807) is 0 Å². The van der Waals surface area contributed by atoms with Crippen LogP contribution in [-0.4, -0.2) is 37.0 Å². The number of hydrogen-bond acceptors (Lipinski definition) is 5. The summed E-state index contributed by atoms with van der Waals surface area (Å²) in [6, 6.07) is 9.71. The summed E-state index contributed by atoms with van der Waals surface area (Å²) >= 11 is 0. The lowest BCUT2D eigenvalue weighted by Gasteiger charge is -2.27. The molecule has 1 aliphatic rings. The Morgan fingerprint density at radius 3 is 2.52 bits per heavy atom. The summed E-state index contributed by atoms with van der Waals surface area (Å²) in [5.74, 6) is -0.851. The average Bonchev–Trinajstić information content (AvgIpc) is 3.08. The Hall–Kier alpha value is -1.69. The normalized spacial score (nSPS) is 20.2. The van der Waals surface area contributed by atoms with E-state index in [0.29, 0.717) is 32.7 Å². The maximum Gasteiger partial charge on any atom is 0.228 e. The first-order valence-corrected chi connectivity index (χ1v) is 8.88. The van der Waals surface area contributed by atoms with Crippen LogP contribution in [0, 0.1) is 0 Å². The number of rotatable bonds is 10. The largest absolute Gasteiger partial charge is 0.491 e. The molecule has 1 saturated heterocycles. The third-order valence-electron chi connectivity index (χ3n) is 4.42. The standard InChI is InChI=1S/C20H28O5/c1-5-20(6-2)24-14-17(25-20)19(18(21)15(4)22-7-3)23-13-16-11-9-8-10-12-16/h8-12,17,19H,4-7,13-14H2,1-3H3/t17-,19-/m1/s1. The first-order chi connectivity index (χ1) is 12.0.